The number of nitrogens with one attached hydrogen (secondary N) is 2. The Morgan fingerprint density at radius 3 is 2.72 bits per heavy atom. The van der Waals surface area contributed by atoms with Gasteiger partial charge in [-0.2, -0.15) is 5.10 Å². The summed E-state index contributed by atoms with van der Waals surface area (Å²) >= 11 is 0. The highest BCUT2D eigenvalue weighted by molar-refractivity contribution is 5.78. The van der Waals surface area contributed by atoms with E-state index in [1.807, 2.05) is 13.0 Å². The molecular formula is C13H14FN3O. The van der Waals surface area contributed by atoms with Crippen molar-refractivity contribution < 1.29 is 9.18 Å². The van der Waals surface area contributed by atoms with E-state index in [4.69, 9.17) is 0 Å². The number of aromatic amines is 1. The van der Waals surface area contributed by atoms with Crippen LogP contribution in [0.5, 0.6) is 0 Å². The molecule has 0 aliphatic rings. The number of rotatable bonds is 4. The van der Waals surface area contributed by atoms with E-state index in [-0.39, 0.29) is 18.1 Å². The predicted molar refractivity (Wildman–Crippen MR) is 65.3 cm³/mol. The van der Waals surface area contributed by atoms with Gasteiger partial charge in [0.2, 0.25) is 5.91 Å². The van der Waals surface area contributed by atoms with Crippen LogP contribution in [0.25, 0.3) is 0 Å². The summed E-state index contributed by atoms with van der Waals surface area (Å²) in [7, 11) is 0. The number of aromatic nitrogens is 2. The second kappa shape index (κ2) is 5.44. The first-order valence-corrected chi connectivity index (χ1v) is 5.65. The van der Waals surface area contributed by atoms with Crippen molar-refractivity contribution in [2.24, 2.45) is 0 Å². The van der Waals surface area contributed by atoms with Crippen LogP contribution in [0.2, 0.25) is 0 Å². The highest BCUT2D eigenvalue weighted by Gasteiger charge is 2.05. The summed E-state index contributed by atoms with van der Waals surface area (Å²) in [5.41, 5.74) is 2.50. The van der Waals surface area contributed by atoms with Gasteiger partial charge in [-0.1, -0.05) is 12.1 Å². The zero-order valence-corrected chi connectivity index (χ0v) is 10.0. The van der Waals surface area contributed by atoms with E-state index in [0.29, 0.717) is 12.2 Å². The van der Waals surface area contributed by atoms with E-state index in [1.165, 1.54) is 12.1 Å². The number of benzene rings is 1. The first-order chi connectivity index (χ1) is 8.63. The first-order valence-electron chi connectivity index (χ1n) is 5.65. The van der Waals surface area contributed by atoms with E-state index < -0.39 is 0 Å². The van der Waals surface area contributed by atoms with Gasteiger partial charge in [-0.05, 0) is 30.7 Å². The summed E-state index contributed by atoms with van der Waals surface area (Å²) in [5, 5.41) is 9.53. The standard InChI is InChI=1S/C13H14FN3O/c1-9-6-12(17-16-9)7-13(18)15-8-10-2-4-11(14)5-3-10/h2-6H,7-8H2,1H3,(H,15,18)(H,16,17). The molecule has 0 spiro atoms. The molecule has 0 unspecified atom stereocenters. The van der Waals surface area contributed by atoms with Gasteiger partial charge in [0.25, 0.3) is 0 Å². The lowest BCUT2D eigenvalue weighted by Gasteiger charge is -2.04. The summed E-state index contributed by atoms with van der Waals surface area (Å²) in [5.74, 6) is -0.386. The largest absolute Gasteiger partial charge is 0.352 e. The summed E-state index contributed by atoms with van der Waals surface area (Å²) < 4.78 is 12.7. The number of hydrogen-bond acceptors (Lipinski definition) is 2. The van der Waals surface area contributed by atoms with Gasteiger partial charge in [0.05, 0.1) is 12.1 Å². The van der Waals surface area contributed by atoms with Crippen molar-refractivity contribution in [2.75, 3.05) is 0 Å². The maximum Gasteiger partial charge on any atom is 0.226 e. The number of nitrogens with zero attached hydrogens (tertiary/aromatic N) is 1. The number of halogens is 1. The summed E-state index contributed by atoms with van der Waals surface area (Å²) in [6, 6.07) is 7.87. The van der Waals surface area contributed by atoms with Crippen molar-refractivity contribution in [2.45, 2.75) is 19.9 Å². The Morgan fingerprint density at radius 1 is 1.39 bits per heavy atom. The van der Waals surface area contributed by atoms with Crippen LogP contribution in [0.15, 0.2) is 30.3 Å². The lowest BCUT2D eigenvalue weighted by molar-refractivity contribution is -0.120. The van der Waals surface area contributed by atoms with Crippen molar-refractivity contribution in [3.05, 3.63) is 53.1 Å². The fourth-order valence-corrected chi connectivity index (χ4v) is 1.59. The predicted octanol–water partition coefficient (Wildman–Crippen LogP) is 1.72. The Balaban J connectivity index is 1.83. The minimum Gasteiger partial charge on any atom is -0.352 e. The average molecular weight is 247 g/mol. The van der Waals surface area contributed by atoms with E-state index in [2.05, 4.69) is 15.5 Å². The fourth-order valence-electron chi connectivity index (χ4n) is 1.59. The van der Waals surface area contributed by atoms with Crippen molar-refractivity contribution in [3.63, 3.8) is 0 Å². The summed E-state index contributed by atoms with van der Waals surface area (Å²) in [4.78, 5) is 11.6. The third-order valence-corrected chi connectivity index (χ3v) is 2.50. The number of hydrogen-bond donors (Lipinski definition) is 2. The molecule has 0 saturated carbocycles. The SMILES string of the molecule is Cc1cc(CC(=O)NCc2ccc(F)cc2)n[nH]1. The Kier molecular flexibility index (Phi) is 3.72. The Labute approximate surface area is 104 Å². The molecule has 0 aliphatic heterocycles. The Hall–Kier alpha value is -2.17. The molecule has 0 atom stereocenters. The average Bonchev–Trinajstić information content (AvgIpc) is 2.74. The number of carbonyl (C=O) groups excluding carboxylic acids is 1. The molecular weight excluding hydrogens is 233 g/mol. The van der Waals surface area contributed by atoms with Gasteiger partial charge < -0.3 is 5.32 Å². The van der Waals surface area contributed by atoms with Crippen molar-refractivity contribution in [1.29, 1.82) is 0 Å². The first kappa shape index (κ1) is 12.3. The topological polar surface area (TPSA) is 57.8 Å². The van der Waals surface area contributed by atoms with Gasteiger partial charge in [-0.25, -0.2) is 4.39 Å². The normalized spacial score (nSPS) is 10.3. The lowest BCUT2D eigenvalue weighted by atomic mass is 10.2. The minimum absolute atomic E-state index is 0.106. The van der Waals surface area contributed by atoms with Crippen molar-refractivity contribution in [3.8, 4) is 0 Å². The zero-order valence-electron chi connectivity index (χ0n) is 10.0. The maximum atomic E-state index is 12.7. The number of amides is 1. The quantitative estimate of drug-likeness (QED) is 0.864. The maximum absolute atomic E-state index is 12.7. The molecule has 2 aromatic rings. The van der Waals surface area contributed by atoms with Gasteiger partial charge in [0.1, 0.15) is 5.82 Å². The summed E-state index contributed by atoms with van der Waals surface area (Å²) in [6.07, 6.45) is 0.242. The minimum atomic E-state index is -0.280. The monoisotopic (exact) mass is 247 g/mol. The van der Waals surface area contributed by atoms with Crippen LogP contribution in [-0.4, -0.2) is 16.1 Å². The second-order valence-electron chi connectivity index (χ2n) is 4.12. The molecule has 2 N–H and O–H groups in total. The molecule has 18 heavy (non-hydrogen) atoms. The van der Waals surface area contributed by atoms with E-state index >= 15 is 0 Å². The molecule has 5 heteroatoms. The Morgan fingerprint density at radius 2 is 2.11 bits per heavy atom. The van der Waals surface area contributed by atoms with Crippen LogP contribution in [-0.2, 0) is 17.8 Å². The molecule has 1 aromatic heterocycles. The van der Waals surface area contributed by atoms with E-state index in [1.54, 1.807) is 12.1 Å². The van der Waals surface area contributed by atoms with Gasteiger partial charge in [-0.3, -0.25) is 9.89 Å². The molecule has 0 saturated heterocycles. The Bertz CT molecular complexity index is 533. The molecule has 2 rings (SSSR count). The summed E-state index contributed by atoms with van der Waals surface area (Å²) in [6.45, 7) is 2.27. The van der Waals surface area contributed by atoms with Gasteiger partial charge >= 0.3 is 0 Å². The molecule has 0 bridgehead atoms. The molecule has 1 heterocycles. The highest BCUT2D eigenvalue weighted by atomic mass is 19.1. The van der Waals surface area contributed by atoms with E-state index in [0.717, 1.165) is 11.3 Å². The van der Waals surface area contributed by atoms with Crippen LogP contribution in [0.1, 0.15) is 17.0 Å². The van der Waals surface area contributed by atoms with Crippen LogP contribution in [0, 0.1) is 12.7 Å². The van der Waals surface area contributed by atoms with Gasteiger partial charge in [0.15, 0.2) is 0 Å². The van der Waals surface area contributed by atoms with Crippen LogP contribution in [0.4, 0.5) is 4.39 Å². The number of carbonyl (C=O) groups is 1. The number of aryl methyl sites for hydroxylation is 1. The van der Waals surface area contributed by atoms with Crippen LogP contribution in [0.3, 0.4) is 0 Å². The highest BCUT2D eigenvalue weighted by Crippen LogP contribution is 2.03. The second-order valence-corrected chi connectivity index (χ2v) is 4.12. The third-order valence-electron chi connectivity index (χ3n) is 2.50. The van der Waals surface area contributed by atoms with Gasteiger partial charge in [-0.15, -0.1) is 0 Å². The fraction of sp³-hybridized carbons (Fsp3) is 0.231. The number of H-pyrrole nitrogens is 1. The molecule has 1 amide bonds. The van der Waals surface area contributed by atoms with Crippen LogP contribution >= 0.6 is 0 Å². The van der Waals surface area contributed by atoms with Gasteiger partial charge in [0, 0.05) is 12.2 Å². The van der Waals surface area contributed by atoms with Crippen LogP contribution < -0.4 is 5.32 Å². The molecule has 0 radical (unpaired) electrons. The third kappa shape index (κ3) is 3.41. The molecule has 0 fully saturated rings. The van der Waals surface area contributed by atoms with E-state index in [9.17, 15) is 9.18 Å². The molecule has 0 aliphatic carbocycles. The zero-order chi connectivity index (χ0) is 13.0. The molecule has 1 aromatic carbocycles. The lowest BCUT2D eigenvalue weighted by Crippen LogP contribution is -2.24. The van der Waals surface area contributed by atoms with Crippen molar-refractivity contribution >= 4 is 5.91 Å². The smallest absolute Gasteiger partial charge is 0.226 e. The van der Waals surface area contributed by atoms with Crippen molar-refractivity contribution in [1.82, 2.24) is 15.5 Å². The molecule has 94 valence electrons. The molecule has 4 nitrogen and oxygen atoms in total.